The molecule has 0 saturated heterocycles. The van der Waals surface area contributed by atoms with E-state index in [-0.39, 0.29) is 0 Å². The zero-order valence-electron chi connectivity index (χ0n) is 7.74. The largest absolute Gasteiger partial charge is 0.481 e. The van der Waals surface area contributed by atoms with Gasteiger partial charge in [0.05, 0.1) is 12.1 Å². The lowest BCUT2D eigenvalue weighted by Crippen LogP contribution is -1.90. The molecule has 0 aliphatic carbocycles. The van der Waals surface area contributed by atoms with Gasteiger partial charge in [-0.3, -0.25) is 0 Å². The van der Waals surface area contributed by atoms with Crippen molar-refractivity contribution in [2.24, 2.45) is 0 Å². The van der Waals surface area contributed by atoms with Crippen molar-refractivity contribution in [3.05, 3.63) is 28.9 Å². The second kappa shape index (κ2) is 5.40. The Morgan fingerprint density at radius 3 is 3.07 bits per heavy atom. The third kappa shape index (κ3) is 2.85. The van der Waals surface area contributed by atoms with Gasteiger partial charge >= 0.3 is 0 Å². The van der Waals surface area contributed by atoms with Crippen molar-refractivity contribution < 1.29 is 9.53 Å². The molecule has 0 amide bonds. The predicted octanol–water partition coefficient (Wildman–Crippen LogP) is 2.35. The average molecular weight is 212 g/mol. The summed E-state index contributed by atoms with van der Waals surface area (Å²) in [5.74, 6) is 0.497. The maximum absolute atomic E-state index is 10.1. The van der Waals surface area contributed by atoms with Crippen LogP contribution in [-0.2, 0) is 4.79 Å². The molecule has 0 bridgehead atoms. The fraction of sp³-hybridized carbons (Fsp3) is 0.200. The summed E-state index contributed by atoms with van der Waals surface area (Å²) in [6.45, 7) is 0. The molecule has 1 aromatic rings. The molecule has 0 aromatic carbocycles. The number of hydrogen-bond acceptors (Lipinski definition) is 3. The van der Waals surface area contributed by atoms with Gasteiger partial charge in [0, 0.05) is 18.2 Å². The van der Waals surface area contributed by atoms with Gasteiger partial charge in [0.25, 0.3) is 0 Å². The van der Waals surface area contributed by atoms with Gasteiger partial charge in [-0.1, -0.05) is 23.8 Å². The van der Waals surface area contributed by atoms with Crippen LogP contribution >= 0.6 is 11.6 Å². The average Bonchev–Trinajstić information content (AvgIpc) is 2.19. The summed E-state index contributed by atoms with van der Waals surface area (Å²) < 4.78 is 5.02. The van der Waals surface area contributed by atoms with Gasteiger partial charge < -0.3 is 9.53 Å². The number of carbonyl (C=O) groups is 1. The number of carbonyl (C=O) groups excluding carboxylic acids is 1. The van der Waals surface area contributed by atoms with Gasteiger partial charge in [-0.15, -0.1) is 0 Å². The van der Waals surface area contributed by atoms with Gasteiger partial charge in [-0.2, -0.15) is 0 Å². The molecule has 0 fully saturated rings. The summed E-state index contributed by atoms with van der Waals surface area (Å²) in [7, 11) is 1.54. The highest BCUT2D eigenvalue weighted by atomic mass is 35.5. The van der Waals surface area contributed by atoms with Gasteiger partial charge in [0.1, 0.15) is 6.29 Å². The number of aromatic nitrogens is 1. The number of hydrogen-bond donors (Lipinski definition) is 0. The van der Waals surface area contributed by atoms with Crippen molar-refractivity contribution in [3.8, 4) is 5.88 Å². The Bertz CT molecular complexity index is 350. The van der Waals surface area contributed by atoms with Crippen molar-refractivity contribution in [1.29, 1.82) is 0 Å². The van der Waals surface area contributed by atoms with Gasteiger partial charge in [-0.25, -0.2) is 4.98 Å². The minimum Gasteiger partial charge on any atom is -0.481 e. The van der Waals surface area contributed by atoms with Crippen molar-refractivity contribution >= 4 is 24.0 Å². The zero-order chi connectivity index (χ0) is 10.4. The standard InChI is InChI=1S/C10H10ClNO2/c1-14-10-8(4-2-3-5-13)6-9(11)7-12-10/h2,4-7H,3H2,1H3. The van der Waals surface area contributed by atoms with Crippen molar-refractivity contribution in [3.63, 3.8) is 0 Å². The van der Waals surface area contributed by atoms with E-state index in [0.29, 0.717) is 17.3 Å². The Morgan fingerprint density at radius 1 is 1.64 bits per heavy atom. The molecule has 0 radical (unpaired) electrons. The van der Waals surface area contributed by atoms with E-state index in [9.17, 15) is 4.79 Å². The molecule has 1 aromatic heterocycles. The fourth-order valence-corrected chi connectivity index (χ4v) is 1.15. The van der Waals surface area contributed by atoms with Gasteiger partial charge in [0.2, 0.25) is 5.88 Å². The summed E-state index contributed by atoms with van der Waals surface area (Å²) in [5.41, 5.74) is 0.766. The van der Waals surface area contributed by atoms with Crippen molar-refractivity contribution in [2.75, 3.05) is 7.11 Å². The van der Waals surface area contributed by atoms with E-state index in [1.807, 2.05) is 0 Å². The summed E-state index contributed by atoms with van der Waals surface area (Å²) in [4.78, 5) is 14.1. The highest BCUT2D eigenvalue weighted by molar-refractivity contribution is 6.30. The molecule has 0 spiro atoms. The van der Waals surface area contributed by atoms with E-state index in [4.69, 9.17) is 16.3 Å². The number of pyridine rings is 1. The number of aldehydes is 1. The van der Waals surface area contributed by atoms with Crippen LogP contribution < -0.4 is 4.74 Å². The first-order chi connectivity index (χ1) is 6.77. The molecule has 1 rings (SSSR count). The van der Waals surface area contributed by atoms with E-state index in [1.54, 1.807) is 18.2 Å². The zero-order valence-corrected chi connectivity index (χ0v) is 8.49. The number of allylic oxidation sites excluding steroid dienone is 1. The molecular formula is C10H10ClNO2. The molecule has 0 aliphatic rings. The number of rotatable bonds is 4. The summed E-state index contributed by atoms with van der Waals surface area (Å²) >= 11 is 5.77. The molecule has 0 N–H and O–H groups in total. The summed E-state index contributed by atoms with van der Waals surface area (Å²) in [5, 5.41) is 0.538. The van der Waals surface area contributed by atoms with E-state index in [2.05, 4.69) is 4.98 Å². The Hall–Kier alpha value is -1.35. The molecule has 3 nitrogen and oxygen atoms in total. The normalized spacial score (nSPS) is 10.4. The number of nitrogens with zero attached hydrogens (tertiary/aromatic N) is 1. The van der Waals surface area contributed by atoms with E-state index in [1.165, 1.54) is 13.3 Å². The molecule has 0 saturated carbocycles. The Balaban J connectivity index is 2.92. The van der Waals surface area contributed by atoms with Crippen LogP contribution in [0.2, 0.25) is 5.02 Å². The second-order valence-corrected chi connectivity index (χ2v) is 2.99. The molecule has 74 valence electrons. The second-order valence-electron chi connectivity index (χ2n) is 2.56. The molecule has 1 heterocycles. The maximum atomic E-state index is 10.1. The van der Waals surface area contributed by atoms with Gasteiger partial charge in [-0.05, 0) is 6.07 Å². The fourth-order valence-electron chi connectivity index (χ4n) is 0.983. The summed E-state index contributed by atoms with van der Waals surface area (Å²) in [6, 6.07) is 1.73. The first-order valence-corrected chi connectivity index (χ1v) is 4.45. The van der Waals surface area contributed by atoms with Crippen LogP contribution in [0.5, 0.6) is 5.88 Å². The van der Waals surface area contributed by atoms with Crippen LogP contribution in [0.4, 0.5) is 0 Å². The minimum absolute atomic E-state index is 0.371. The highest BCUT2D eigenvalue weighted by Crippen LogP contribution is 2.20. The molecule has 4 heteroatoms. The first kappa shape index (κ1) is 10.7. The maximum Gasteiger partial charge on any atom is 0.220 e. The molecule has 0 aliphatic heterocycles. The van der Waals surface area contributed by atoms with Crippen LogP contribution in [0, 0.1) is 0 Å². The monoisotopic (exact) mass is 211 g/mol. The van der Waals surface area contributed by atoms with Crippen LogP contribution in [-0.4, -0.2) is 18.4 Å². The van der Waals surface area contributed by atoms with E-state index >= 15 is 0 Å². The first-order valence-electron chi connectivity index (χ1n) is 4.07. The SMILES string of the molecule is COc1ncc(Cl)cc1C=CCC=O. The summed E-state index contributed by atoms with van der Waals surface area (Å²) in [6.07, 6.45) is 6.18. The van der Waals surface area contributed by atoms with Crippen LogP contribution in [0.3, 0.4) is 0 Å². The lowest BCUT2D eigenvalue weighted by Gasteiger charge is -2.02. The van der Waals surface area contributed by atoms with E-state index < -0.39 is 0 Å². The minimum atomic E-state index is 0.371. The smallest absolute Gasteiger partial charge is 0.220 e. The van der Waals surface area contributed by atoms with Gasteiger partial charge in [0.15, 0.2) is 0 Å². The number of halogens is 1. The Kier molecular flexibility index (Phi) is 4.13. The Labute approximate surface area is 87.4 Å². The number of methoxy groups -OCH3 is 1. The highest BCUT2D eigenvalue weighted by Gasteiger charge is 2.01. The van der Waals surface area contributed by atoms with Crippen LogP contribution in [0.25, 0.3) is 6.08 Å². The van der Waals surface area contributed by atoms with E-state index in [0.717, 1.165) is 11.8 Å². The Morgan fingerprint density at radius 2 is 2.43 bits per heavy atom. The molecule has 0 atom stereocenters. The lowest BCUT2D eigenvalue weighted by atomic mass is 10.2. The predicted molar refractivity (Wildman–Crippen MR) is 55.5 cm³/mol. The van der Waals surface area contributed by atoms with Crippen LogP contribution in [0.15, 0.2) is 18.3 Å². The third-order valence-electron chi connectivity index (χ3n) is 1.57. The topological polar surface area (TPSA) is 39.2 Å². The lowest BCUT2D eigenvalue weighted by molar-refractivity contribution is -0.107. The number of ether oxygens (including phenoxy) is 1. The molecular weight excluding hydrogens is 202 g/mol. The van der Waals surface area contributed by atoms with Crippen LogP contribution in [0.1, 0.15) is 12.0 Å². The quantitative estimate of drug-likeness (QED) is 0.718. The van der Waals surface area contributed by atoms with Crippen molar-refractivity contribution in [1.82, 2.24) is 4.98 Å². The van der Waals surface area contributed by atoms with Crippen molar-refractivity contribution in [2.45, 2.75) is 6.42 Å². The molecule has 14 heavy (non-hydrogen) atoms. The molecule has 0 unspecified atom stereocenters. The third-order valence-corrected chi connectivity index (χ3v) is 1.78.